The highest BCUT2D eigenvalue weighted by Crippen LogP contribution is 2.27. The van der Waals surface area contributed by atoms with Gasteiger partial charge < -0.3 is 9.47 Å². The quantitative estimate of drug-likeness (QED) is 0.290. The van der Waals surface area contributed by atoms with Gasteiger partial charge in [0.2, 0.25) is 0 Å². The van der Waals surface area contributed by atoms with E-state index >= 15 is 0 Å². The van der Waals surface area contributed by atoms with Crippen molar-refractivity contribution in [3.8, 4) is 0 Å². The molecule has 26 heavy (non-hydrogen) atoms. The molecule has 0 spiro atoms. The number of fused-ring (bicyclic) bond motifs is 3. The number of hydrogen-bond donors (Lipinski definition) is 0. The predicted octanol–water partition coefficient (Wildman–Crippen LogP) is 4.30. The van der Waals surface area contributed by atoms with Crippen molar-refractivity contribution < 1.29 is 9.47 Å². The summed E-state index contributed by atoms with van der Waals surface area (Å²) in [5.74, 6) is -0.0353. The Morgan fingerprint density at radius 3 is 1.73 bits per heavy atom. The maximum absolute atomic E-state index is 5.76. The second kappa shape index (κ2) is 7.58. The van der Waals surface area contributed by atoms with E-state index in [1.807, 2.05) is 13.8 Å². The van der Waals surface area contributed by atoms with Crippen LogP contribution < -0.4 is 5.19 Å². The molecule has 0 aliphatic rings. The van der Waals surface area contributed by atoms with Crippen LogP contribution in [0.15, 0.2) is 66.7 Å². The van der Waals surface area contributed by atoms with E-state index in [1.54, 1.807) is 0 Å². The minimum atomic E-state index is -0.637. The maximum Gasteiger partial charge on any atom is 0.139 e. The second-order valence-corrected chi connectivity index (χ2v) is 8.52. The number of ether oxygens (including phenoxy) is 2. The van der Waals surface area contributed by atoms with Gasteiger partial charge in [0.1, 0.15) is 15.4 Å². The molecule has 0 aliphatic heterocycles. The van der Waals surface area contributed by atoms with E-state index < -0.39 is 9.52 Å². The summed E-state index contributed by atoms with van der Waals surface area (Å²) in [6.45, 7) is 5.44. The Balaban J connectivity index is 1.74. The monoisotopic (exact) mass is 360 g/mol. The van der Waals surface area contributed by atoms with E-state index in [0.29, 0.717) is 13.2 Å². The molecular weight excluding hydrogens is 336 g/mol. The first-order valence-corrected chi connectivity index (χ1v) is 10.9. The van der Waals surface area contributed by atoms with Crippen molar-refractivity contribution in [2.45, 2.75) is 19.8 Å². The first-order valence-electron chi connectivity index (χ1n) is 9.35. The van der Waals surface area contributed by atoms with Crippen LogP contribution in [0.1, 0.15) is 13.8 Å². The summed E-state index contributed by atoms with van der Waals surface area (Å²) >= 11 is 0. The van der Waals surface area contributed by atoms with E-state index in [4.69, 9.17) is 9.47 Å². The fourth-order valence-electron chi connectivity index (χ4n) is 3.60. The highest BCUT2D eigenvalue weighted by atomic mass is 28.2. The van der Waals surface area contributed by atoms with Gasteiger partial charge in [-0.25, -0.2) is 0 Å². The first kappa shape index (κ1) is 17.2. The highest BCUT2D eigenvalue weighted by molar-refractivity contribution is 6.54. The summed E-state index contributed by atoms with van der Waals surface area (Å²) in [5.41, 5.74) is 0. The van der Waals surface area contributed by atoms with Crippen LogP contribution in [0.4, 0.5) is 0 Å². The lowest BCUT2D eigenvalue weighted by Gasteiger charge is -2.17. The number of rotatable bonds is 6. The molecule has 4 aromatic rings. The lowest BCUT2D eigenvalue weighted by Crippen LogP contribution is -2.33. The lowest BCUT2D eigenvalue weighted by molar-refractivity contribution is -0.0817. The SMILES string of the molecule is CCOC(OCC)[SiH2]c1ccc2cc3cc4ccccc4cc3cc2c1. The van der Waals surface area contributed by atoms with Crippen molar-refractivity contribution in [3.05, 3.63) is 66.7 Å². The topological polar surface area (TPSA) is 18.5 Å². The summed E-state index contributed by atoms with van der Waals surface area (Å²) in [4.78, 5) is 0. The van der Waals surface area contributed by atoms with Gasteiger partial charge >= 0.3 is 0 Å². The largest absolute Gasteiger partial charge is 0.357 e. The number of hydrogen-bond acceptors (Lipinski definition) is 2. The van der Waals surface area contributed by atoms with Gasteiger partial charge in [0.05, 0.1) is 0 Å². The van der Waals surface area contributed by atoms with E-state index in [9.17, 15) is 0 Å². The molecule has 0 saturated heterocycles. The van der Waals surface area contributed by atoms with Crippen LogP contribution in [-0.4, -0.2) is 28.6 Å². The predicted molar refractivity (Wildman–Crippen MR) is 114 cm³/mol. The van der Waals surface area contributed by atoms with Crippen LogP contribution in [-0.2, 0) is 9.47 Å². The van der Waals surface area contributed by atoms with E-state index in [-0.39, 0.29) is 5.91 Å². The van der Waals surface area contributed by atoms with Crippen LogP contribution in [0.3, 0.4) is 0 Å². The van der Waals surface area contributed by atoms with Crippen molar-refractivity contribution in [2.75, 3.05) is 13.2 Å². The van der Waals surface area contributed by atoms with Gasteiger partial charge in [-0.1, -0.05) is 47.7 Å². The normalized spacial score (nSPS) is 12.3. The van der Waals surface area contributed by atoms with Crippen LogP contribution in [0.2, 0.25) is 0 Å². The Bertz CT molecular complexity index is 1050. The zero-order chi connectivity index (χ0) is 17.9. The van der Waals surface area contributed by atoms with Crippen molar-refractivity contribution in [2.24, 2.45) is 0 Å². The molecule has 0 unspecified atom stereocenters. The van der Waals surface area contributed by atoms with Gasteiger partial charge in [-0.05, 0) is 70.4 Å². The second-order valence-electron chi connectivity index (χ2n) is 6.62. The van der Waals surface area contributed by atoms with Gasteiger partial charge in [0.25, 0.3) is 0 Å². The average Bonchev–Trinajstić information content (AvgIpc) is 2.65. The van der Waals surface area contributed by atoms with Gasteiger partial charge in [-0.2, -0.15) is 0 Å². The molecule has 0 bridgehead atoms. The molecule has 132 valence electrons. The van der Waals surface area contributed by atoms with Crippen LogP contribution >= 0.6 is 0 Å². The summed E-state index contributed by atoms with van der Waals surface area (Å²) in [7, 11) is -0.637. The Labute approximate surface area is 156 Å². The molecule has 4 aromatic carbocycles. The van der Waals surface area contributed by atoms with Crippen molar-refractivity contribution in [3.63, 3.8) is 0 Å². The molecule has 0 saturated carbocycles. The molecule has 0 N–H and O–H groups in total. The molecular formula is C23H24O2Si. The molecule has 0 amide bonds. The summed E-state index contributed by atoms with van der Waals surface area (Å²) in [6.07, 6.45) is 0. The standard InChI is InChI=1S/C23H24O2Si/c1-3-24-23(25-4-2)26-22-10-9-18-13-19-11-16-7-5-6-8-17(16)12-20(19)14-21(18)15-22/h5-15,23H,3-4,26H2,1-2H3. The van der Waals surface area contributed by atoms with E-state index in [0.717, 1.165) is 0 Å². The Kier molecular flexibility index (Phi) is 5.02. The molecule has 0 heterocycles. The molecule has 0 radical (unpaired) electrons. The fraction of sp³-hybridized carbons (Fsp3) is 0.217. The third kappa shape index (κ3) is 3.51. The molecule has 0 aromatic heterocycles. The zero-order valence-electron chi connectivity index (χ0n) is 15.4. The Morgan fingerprint density at radius 1 is 0.654 bits per heavy atom. The lowest BCUT2D eigenvalue weighted by atomic mass is 10.00. The summed E-state index contributed by atoms with van der Waals surface area (Å²) in [6, 6.07) is 24.5. The minimum absolute atomic E-state index is 0.0353. The average molecular weight is 361 g/mol. The van der Waals surface area contributed by atoms with Crippen LogP contribution in [0.5, 0.6) is 0 Å². The van der Waals surface area contributed by atoms with Crippen molar-refractivity contribution in [1.29, 1.82) is 0 Å². The van der Waals surface area contributed by atoms with Gasteiger partial charge in [-0.3, -0.25) is 0 Å². The third-order valence-electron chi connectivity index (χ3n) is 4.83. The van der Waals surface area contributed by atoms with Gasteiger partial charge in [0.15, 0.2) is 0 Å². The van der Waals surface area contributed by atoms with Gasteiger partial charge in [0, 0.05) is 13.2 Å². The van der Waals surface area contributed by atoms with E-state index in [1.165, 1.54) is 37.5 Å². The molecule has 0 aliphatic carbocycles. The summed E-state index contributed by atoms with van der Waals surface area (Å²) in [5, 5.41) is 9.13. The first-order chi connectivity index (χ1) is 12.8. The Hall–Kier alpha value is -2.20. The maximum atomic E-state index is 5.76. The van der Waals surface area contributed by atoms with E-state index in [2.05, 4.69) is 66.7 Å². The zero-order valence-corrected chi connectivity index (χ0v) is 16.8. The molecule has 0 atom stereocenters. The number of benzene rings is 4. The molecule has 0 fully saturated rings. The van der Waals surface area contributed by atoms with Crippen molar-refractivity contribution >= 4 is 47.0 Å². The third-order valence-corrected chi connectivity index (χ3v) is 6.55. The molecule has 2 nitrogen and oxygen atoms in total. The summed E-state index contributed by atoms with van der Waals surface area (Å²) < 4.78 is 11.5. The Morgan fingerprint density at radius 2 is 1.15 bits per heavy atom. The minimum Gasteiger partial charge on any atom is -0.357 e. The van der Waals surface area contributed by atoms with Gasteiger partial charge in [-0.15, -0.1) is 0 Å². The highest BCUT2D eigenvalue weighted by Gasteiger charge is 2.11. The van der Waals surface area contributed by atoms with Crippen LogP contribution in [0, 0.1) is 0 Å². The smallest absolute Gasteiger partial charge is 0.139 e. The molecule has 3 heteroatoms. The fourth-order valence-corrected chi connectivity index (χ4v) is 5.28. The van der Waals surface area contributed by atoms with Crippen molar-refractivity contribution in [1.82, 2.24) is 0 Å². The van der Waals surface area contributed by atoms with Crippen LogP contribution in [0.25, 0.3) is 32.3 Å². The molecule has 4 rings (SSSR count).